The minimum atomic E-state index is -2.89. The fourth-order valence-electron chi connectivity index (χ4n) is 1.80. The standard InChI is InChI=1S/C12H15NO4S/c13-5-4-12(14)9-2-1-3-10(6-9)17-11-7-18(15,16)8-11/h1-3,6,11H,4-5,7-8,13H2. The third-order valence-corrected chi connectivity index (χ3v) is 4.47. The van der Waals surface area contributed by atoms with Crippen LogP contribution in [0.5, 0.6) is 5.75 Å². The van der Waals surface area contributed by atoms with Crippen LogP contribution in [0.15, 0.2) is 24.3 Å². The molecule has 6 heteroatoms. The second-order valence-corrected chi connectivity index (χ2v) is 6.46. The molecule has 0 atom stereocenters. The topological polar surface area (TPSA) is 86.5 Å². The van der Waals surface area contributed by atoms with Gasteiger partial charge in [0.1, 0.15) is 11.9 Å². The largest absolute Gasteiger partial charge is 0.488 e. The third-order valence-electron chi connectivity index (χ3n) is 2.71. The Bertz CT molecular complexity index is 541. The molecule has 1 fully saturated rings. The van der Waals surface area contributed by atoms with Crippen LogP contribution in [0.3, 0.4) is 0 Å². The van der Waals surface area contributed by atoms with Crippen molar-refractivity contribution in [1.82, 2.24) is 0 Å². The van der Waals surface area contributed by atoms with E-state index in [0.717, 1.165) is 0 Å². The number of hydrogen-bond acceptors (Lipinski definition) is 5. The molecule has 1 aliphatic heterocycles. The highest BCUT2D eigenvalue weighted by molar-refractivity contribution is 7.92. The summed E-state index contributed by atoms with van der Waals surface area (Å²) in [5, 5.41) is 0. The average molecular weight is 269 g/mol. The smallest absolute Gasteiger partial charge is 0.164 e. The summed E-state index contributed by atoms with van der Waals surface area (Å²) in [6, 6.07) is 6.75. The number of ether oxygens (including phenoxy) is 1. The molecule has 0 bridgehead atoms. The Morgan fingerprint density at radius 1 is 1.39 bits per heavy atom. The second kappa shape index (κ2) is 5.07. The molecule has 5 nitrogen and oxygen atoms in total. The van der Waals surface area contributed by atoms with Crippen molar-refractivity contribution in [2.75, 3.05) is 18.1 Å². The van der Waals surface area contributed by atoms with Crippen molar-refractivity contribution in [1.29, 1.82) is 0 Å². The lowest BCUT2D eigenvalue weighted by Crippen LogP contribution is -2.45. The SMILES string of the molecule is NCCC(=O)c1cccc(OC2CS(=O)(=O)C2)c1. The number of Topliss-reactive ketones (excluding diaryl/α,β-unsaturated/α-hetero) is 1. The summed E-state index contributed by atoms with van der Waals surface area (Å²) in [6.45, 7) is 0.310. The predicted octanol–water partition coefficient (Wildman–Crippen LogP) is 0.394. The molecule has 1 saturated heterocycles. The molecule has 98 valence electrons. The molecule has 0 radical (unpaired) electrons. The van der Waals surface area contributed by atoms with Gasteiger partial charge in [0, 0.05) is 12.0 Å². The van der Waals surface area contributed by atoms with Crippen molar-refractivity contribution < 1.29 is 17.9 Å². The van der Waals surface area contributed by atoms with E-state index >= 15 is 0 Å². The quantitative estimate of drug-likeness (QED) is 0.782. The maximum Gasteiger partial charge on any atom is 0.164 e. The van der Waals surface area contributed by atoms with E-state index in [1.165, 1.54) is 0 Å². The summed E-state index contributed by atoms with van der Waals surface area (Å²) < 4.78 is 27.5. The van der Waals surface area contributed by atoms with Crippen LogP contribution in [0.2, 0.25) is 0 Å². The number of ketones is 1. The van der Waals surface area contributed by atoms with Crippen molar-refractivity contribution in [3.63, 3.8) is 0 Å². The molecule has 0 amide bonds. The predicted molar refractivity (Wildman–Crippen MR) is 67.5 cm³/mol. The first kappa shape index (κ1) is 13.0. The lowest BCUT2D eigenvalue weighted by Gasteiger charge is -2.26. The lowest BCUT2D eigenvalue weighted by atomic mass is 10.1. The number of hydrogen-bond donors (Lipinski definition) is 1. The van der Waals surface area contributed by atoms with E-state index in [2.05, 4.69) is 0 Å². The minimum Gasteiger partial charge on any atom is -0.488 e. The lowest BCUT2D eigenvalue weighted by molar-refractivity contribution is 0.0984. The Morgan fingerprint density at radius 3 is 2.72 bits per heavy atom. The summed E-state index contributed by atoms with van der Waals surface area (Å²) >= 11 is 0. The average Bonchev–Trinajstić information content (AvgIpc) is 2.27. The molecule has 1 aromatic carbocycles. The molecule has 1 aromatic rings. The molecule has 18 heavy (non-hydrogen) atoms. The number of carbonyl (C=O) groups excluding carboxylic acids is 1. The molecule has 0 aliphatic carbocycles. The molecule has 0 unspecified atom stereocenters. The van der Waals surface area contributed by atoms with Crippen LogP contribution in [0.25, 0.3) is 0 Å². The van der Waals surface area contributed by atoms with E-state index in [1.54, 1.807) is 24.3 Å². The van der Waals surface area contributed by atoms with Crippen molar-refractivity contribution in [2.45, 2.75) is 12.5 Å². The van der Waals surface area contributed by atoms with Gasteiger partial charge < -0.3 is 10.5 Å². The fraction of sp³-hybridized carbons (Fsp3) is 0.417. The van der Waals surface area contributed by atoms with Crippen molar-refractivity contribution in [3.8, 4) is 5.75 Å². The fourth-order valence-corrected chi connectivity index (χ4v) is 2.97. The van der Waals surface area contributed by atoms with Crippen LogP contribution < -0.4 is 10.5 Å². The highest BCUT2D eigenvalue weighted by atomic mass is 32.2. The summed E-state index contributed by atoms with van der Waals surface area (Å²) in [5.41, 5.74) is 5.87. The first-order chi connectivity index (χ1) is 8.50. The van der Waals surface area contributed by atoms with Gasteiger partial charge in [0.25, 0.3) is 0 Å². The molecule has 1 heterocycles. The van der Waals surface area contributed by atoms with Gasteiger partial charge in [-0.2, -0.15) is 0 Å². The molecule has 0 spiro atoms. The molecule has 0 saturated carbocycles. The third kappa shape index (κ3) is 3.08. The molecular formula is C12H15NO4S. The van der Waals surface area contributed by atoms with Crippen LogP contribution in [0.1, 0.15) is 16.8 Å². The Hall–Kier alpha value is -1.40. The van der Waals surface area contributed by atoms with E-state index in [-0.39, 0.29) is 23.4 Å². The van der Waals surface area contributed by atoms with Crippen molar-refractivity contribution >= 4 is 15.6 Å². The summed E-state index contributed by atoms with van der Waals surface area (Å²) in [4.78, 5) is 11.6. The summed E-state index contributed by atoms with van der Waals surface area (Å²) in [5.74, 6) is 0.587. The first-order valence-corrected chi connectivity index (χ1v) is 7.53. The number of benzene rings is 1. The molecule has 2 rings (SSSR count). The highest BCUT2D eigenvalue weighted by Crippen LogP contribution is 2.21. The number of sulfone groups is 1. The molecule has 2 N–H and O–H groups in total. The molecule has 1 aliphatic rings. The van der Waals surface area contributed by atoms with E-state index in [9.17, 15) is 13.2 Å². The van der Waals surface area contributed by atoms with Gasteiger partial charge in [-0.15, -0.1) is 0 Å². The zero-order valence-corrected chi connectivity index (χ0v) is 10.7. The number of rotatable bonds is 5. The maximum atomic E-state index is 11.6. The normalized spacial score (nSPS) is 18.1. The Balaban J connectivity index is 2.02. The van der Waals surface area contributed by atoms with Crippen LogP contribution in [0.4, 0.5) is 0 Å². The maximum absolute atomic E-state index is 11.6. The van der Waals surface area contributed by atoms with Crippen LogP contribution >= 0.6 is 0 Å². The minimum absolute atomic E-state index is 0.0378. The molecular weight excluding hydrogens is 254 g/mol. The van der Waals surface area contributed by atoms with Gasteiger partial charge in [-0.1, -0.05) is 12.1 Å². The van der Waals surface area contributed by atoms with Gasteiger partial charge in [0.2, 0.25) is 0 Å². The monoisotopic (exact) mass is 269 g/mol. The number of carbonyl (C=O) groups is 1. The zero-order valence-electron chi connectivity index (χ0n) is 9.83. The van der Waals surface area contributed by atoms with Gasteiger partial charge in [-0.25, -0.2) is 8.42 Å². The van der Waals surface area contributed by atoms with E-state index in [4.69, 9.17) is 10.5 Å². The van der Waals surface area contributed by atoms with Gasteiger partial charge >= 0.3 is 0 Å². The van der Waals surface area contributed by atoms with E-state index in [1.807, 2.05) is 0 Å². The summed E-state index contributed by atoms with van der Waals surface area (Å²) in [7, 11) is -2.89. The Kier molecular flexibility index (Phi) is 3.68. The highest BCUT2D eigenvalue weighted by Gasteiger charge is 2.35. The van der Waals surface area contributed by atoms with Gasteiger partial charge in [0.15, 0.2) is 15.6 Å². The Morgan fingerprint density at radius 2 is 2.11 bits per heavy atom. The van der Waals surface area contributed by atoms with Crippen LogP contribution in [0, 0.1) is 0 Å². The van der Waals surface area contributed by atoms with Gasteiger partial charge in [-0.05, 0) is 18.7 Å². The van der Waals surface area contributed by atoms with Crippen molar-refractivity contribution in [2.24, 2.45) is 5.73 Å². The second-order valence-electron chi connectivity index (χ2n) is 4.31. The van der Waals surface area contributed by atoms with Gasteiger partial charge in [-0.3, -0.25) is 4.79 Å². The summed E-state index contributed by atoms with van der Waals surface area (Å²) in [6.07, 6.45) is -0.00351. The van der Waals surface area contributed by atoms with Crippen LogP contribution in [-0.4, -0.2) is 38.4 Å². The Labute approximate surface area is 106 Å². The molecule has 0 aromatic heterocycles. The van der Waals surface area contributed by atoms with Crippen molar-refractivity contribution in [3.05, 3.63) is 29.8 Å². The zero-order chi connectivity index (χ0) is 13.2. The van der Waals surface area contributed by atoms with Gasteiger partial charge in [0.05, 0.1) is 11.5 Å². The first-order valence-electron chi connectivity index (χ1n) is 5.70. The number of nitrogens with two attached hydrogens (primary N) is 1. The van der Waals surface area contributed by atoms with E-state index < -0.39 is 9.84 Å². The van der Waals surface area contributed by atoms with E-state index in [0.29, 0.717) is 24.3 Å². The van der Waals surface area contributed by atoms with Crippen LogP contribution in [-0.2, 0) is 9.84 Å².